The van der Waals surface area contributed by atoms with E-state index in [-0.39, 0.29) is 10.8 Å². The fourth-order valence-corrected chi connectivity index (χ4v) is 4.77. The van der Waals surface area contributed by atoms with Crippen LogP contribution in [-0.4, -0.2) is 20.1 Å². The monoisotopic (exact) mass is 391 g/mol. The molecule has 5 nitrogen and oxygen atoms in total. The number of hydrogen-bond donors (Lipinski definition) is 2. The van der Waals surface area contributed by atoms with Crippen LogP contribution in [0.5, 0.6) is 5.75 Å². The molecule has 2 aromatic rings. The smallest absolute Gasteiger partial charge is 0.271 e. The summed E-state index contributed by atoms with van der Waals surface area (Å²) < 4.78 is 33.2. The molecule has 1 heterocycles. The van der Waals surface area contributed by atoms with E-state index in [0.717, 1.165) is 15.1 Å². The van der Waals surface area contributed by atoms with Crippen molar-refractivity contribution in [3.05, 3.63) is 39.7 Å². The molecule has 0 saturated heterocycles. The Kier molecular flexibility index (Phi) is 5.26. The number of nitrogens with one attached hydrogen (secondary N) is 1. The summed E-state index contributed by atoms with van der Waals surface area (Å²) in [5, 5.41) is 9.33. The molecule has 0 unspecified atom stereocenters. The third kappa shape index (κ3) is 3.97. The minimum absolute atomic E-state index is 0.216. The number of anilines is 1. The van der Waals surface area contributed by atoms with Crippen molar-refractivity contribution < 1.29 is 18.3 Å². The van der Waals surface area contributed by atoms with Gasteiger partial charge in [0.1, 0.15) is 9.96 Å². The normalized spacial score (nSPS) is 11.4. The van der Waals surface area contributed by atoms with E-state index in [2.05, 4.69) is 20.7 Å². The molecule has 0 aliphatic rings. The van der Waals surface area contributed by atoms with Gasteiger partial charge in [0.25, 0.3) is 10.0 Å². The van der Waals surface area contributed by atoms with Gasteiger partial charge >= 0.3 is 0 Å². The van der Waals surface area contributed by atoms with Crippen molar-refractivity contribution in [3.8, 4) is 5.75 Å². The first-order chi connectivity index (χ1) is 9.96. The Hall–Kier alpha value is -1.09. The molecule has 1 aromatic carbocycles. The Labute approximate surface area is 135 Å². The molecule has 0 atom stereocenters. The Morgan fingerprint density at radius 3 is 2.67 bits per heavy atom. The number of aliphatic hydroxyl groups excluding tert-OH is 1. The number of thiophene rings is 1. The highest BCUT2D eigenvalue weighted by molar-refractivity contribution is 9.11. The van der Waals surface area contributed by atoms with E-state index in [1.165, 1.54) is 6.07 Å². The van der Waals surface area contributed by atoms with Crippen LogP contribution in [0, 0.1) is 0 Å². The van der Waals surface area contributed by atoms with Crippen molar-refractivity contribution in [2.45, 2.75) is 17.7 Å². The predicted molar refractivity (Wildman–Crippen MR) is 86.4 cm³/mol. The minimum atomic E-state index is -3.63. The number of aliphatic hydroxyl groups is 1. The topological polar surface area (TPSA) is 75.6 Å². The summed E-state index contributed by atoms with van der Waals surface area (Å²) in [5.41, 5.74) is 0.913. The van der Waals surface area contributed by atoms with E-state index in [9.17, 15) is 13.5 Å². The highest BCUT2D eigenvalue weighted by Gasteiger charge is 2.17. The van der Waals surface area contributed by atoms with Crippen molar-refractivity contribution in [2.24, 2.45) is 0 Å². The van der Waals surface area contributed by atoms with Gasteiger partial charge in [0, 0.05) is 11.3 Å². The van der Waals surface area contributed by atoms with Gasteiger partial charge in [-0.1, -0.05) is 0 Å². The van der Waals surface area contributed by atoms with E-state index in [1.54, 1.807) is 24.3 Å². The molecule has 8 heteroatoms. The molecular weight excluding hydrogens is 378 g/mol. The average Bonchev–Trinajstić information content (AvgIpc) is 2.88. The lowest BCUT2D eigenvalue weighted by Gasteiger charge is -2.11. The van der Waals surface area contributed by atoms with Crippen LogP contribution in [0.4, 0.5) is 5.69 Å². The van der Waals surface area contributed by atoms with Crippen molar-refractivity contribution in [2.75, 3.05) is 11.3 Å². The highest BCUT2D eigenvalue weighted by Crippen LogP contribution is 2.29. The van der Waals surface area contributed by atoms with Crippen molar-refractivity contribution in [1.82, 2.24) is 0 Å². The zero-order chi connectivity index (χ0) is 15.5. The maximum Gasteiger partial charge on any atom is 0.271 e. The molecule has 2 rings (SSSR count). The number of rotatable bonds is 6. The molecule has 114 valence electrons. The van der Waals surface area contributed by atoms with Crippen molar-refractivity contribution in [3.63, 3.8) is 0 Å². The zero-order valence-electron chi connectivity index (χ0n) is 11.2. The summed E-state index contributed by atoms with van der Waals surface area (Å²) in [4.78, 5) is 0. The van der Waals surface area contributed by atoms with Gasteiger partial charge in [-0.25, -0.2) is 8.42 Å². The average molecular weight is 392 g/mol. The van der Waals surface area contributed by atoms with Crippen LogP contribution in [0.1, 0.15) is 12.5 Å². The van der Waals surface area contributed by atoms with Crippen molar-refractivity contribution in [1.29, 1.82) is 0 Å². The van der Waals surface area contributed by atoms with E-state index in [1.807, 2.05) is 6.92 Å². The molecule has 0 fully saturated rings. The Balaban J connectivity index is 2.27. The molecule has 2 N–H and O–H groups in total. The molecule has 21 heavy (non-hydrogen) atoms. The molecule has 0 amide bonds. The Bertz CT molecular complexity index is 728. The first kappa shape index (κ1) is 16.3. The fraction of sp³-hybridized carbons (Fsp3) is 0.231. The first-order valence-corrected chi connectivity index (χ1v) is 9.20. The van der Waals surface area contributed by atoms with Crippen LogP contribution in [-0.2, 0) is 16.6 Å². The Morgan fingerprint density at radius 1 is 1.33 bits per heavy atom. The largest absolute Gasteiger partial charge is 0.494 e. The summed E-state index contributed by atoms with van der Waals surface area (Å²) in [6.45, 7) is 2.09. The molecule has 0 aliphatic heterocycles. The van der Waals surface area contributed by atoms with Crippen LogP contribution >= 0.6 is 27.3 Å². The van der Waals surface area contributed by atoms with Gasteiger partial charge in [0.2, 0.25) is 0 Å². The van der Waals surface area contributed by atoms with Gasteiger partial charge in [-0.15, -0.1) is 11.3 Å². The summed E-state index contributed by atoms with van der Waals surface area (Å²) in [6.07, 6.45) is 0. The third-order valence-corrected chi connectivity index (χ3v) is 6.09. The minimum Gasteiger partial charge on any atom is -0.494 e. The van der Waals surface area contributed by atoms with Gasteiger partial charge in [0.15, 0.2) is 0 Å². The number of ether oxygens (including phenoxy) is 1. The second kappa shape index (κ2) is 6.78. The van der Waals surface area contributed by atoms with Crippen LogP contribution in [0.3, 0.4) is 0 Å². The van der Waals surface area contributed by atoms with Crippen LogP contribution in [0.2, 0.25) is 0 Å². The fourth-order valence-electron chi connectivity index (χ4n) is 1.71. The van der Waals surface area contributed by atoms with Gasteiger partial charge in [-0.05, 0) is 53.2 Å². The number of halogens is 1. The quantitative estimate of drug-likeness (QED) is 0.792. The molecule has 0 aliphatic carbocycles. The van der Waals surface area contributed by atoms with Crippen LogP contribution in [0.15, 0.2) is 38.3 Å². The highest BCUT2D eigenvalue weighted by atomic mass is 79.9. The molecular formula is C13H14BrNO4S2. The summed E-state index contributed by atoms with van der Waals surface area (Å²) in [7, 11) is -3.63. The summed E-state index contributed by atoms with van der Waals surface area (Å²) >= 11 is 4.36. The molecule has 0 saturated carbocycles. The summed E-state index contributed by atoms with van der Waals surface area (Å²) in [6, 6.07) is 8.00. The molecule has 0 bridgehead atoms. The second-order valence-corrected chi connectivity index (χ2v) is 8.45. The van der Waals surface area contributed by atoms with E-state index in [4.69, 9.17) is 4.74 Å². The maximum absolute atomic E-state index is 12.2. The van der Waals surface area contributed by atoms with Crippen LogP contribution < -0.4 is 9.46 Å². The maximum atomic E-state index is 12.2. The third-order valence-electron chi connectivity index (χ3n) is 2.60. The lowest BCUT2D eigenvalue weighted by Crippen LogP contribution is -2.11. The lowest BCUT2D eigenvalue weighted by molar-refractivity contribution is 0.267. The number of sulfonamides is 1. The van der Waals surface area contributed by atoms with Crippen LogP contribution in [0.25, 0.3) is 0 Å². The van der Waals surface area contributed by atoms with Gasteiger partial charge < -0.3 is 9.84 Å². The van der Waals surface area contributed by atoms with E-state index >= 15 is 0 Å². The zero-order valence-corrected chi connectivity index (χ0v) is 14.4. The molecule has 0 spiro atoms. The molecule has 0 radical (unpaired) electrons. The summed E-state index contributed by atoms with van der Waals surface area (Å²) in [5.74, 6) is 0.543. The van der Waals surface area contributed by atoms with E-state index in [0.29, 0.717) is 23.6 Å². The second-order valence-electron chi connectivity index (χ2n) is 4.08. The van der Waals surface area contributed by atoms with Gasteiger partial charge in [-0.2, -0.15) is 0 Å². The van der Waals surface area contributed by atoms with E-state index < -0.39 is 10.0 Å². The predicted octanol–water partition coefficient (Wildman–Crippen LogP) is 3.20. The molecule has 1 aromatic heterocycles. The standard InChI is InChI=1S/C13H14BrNO4S2/c1-2-19-11-4-3-10(7-9(11)8-16)15-21(17,18)13-6-5-12(14)20-13/h3-7,15-16H,2,8H2,1H3. The van der Waals surface area contributed by atoms with Gasteiger partial charge in [0.05, 0.1) is 17.0 Å². The first-order valence-electron chi connectivity index (χ1n) is 6.11. The lowest BCUT2D eigenvalue weighted by atomic mass is 10.2. The Morgan fingerprint density at radius 2 is 2.10 bits per heavy atom. The number of benzene rings is 1. The SMILES string of the molecule is CCOc1ccc(NS(=O)(=O)c2ccc(Br)s2)cc1CO. The number of hydrogen-bond acceptors (Lipinski definition) is 5. The van der Waals surface area contributed by atoms with Gasteiger partial charge in [-0.3, -0.25) is 4.72 Å². The van der Waals surface area contributed by atoms with Crippen molar-refractivity contribution >= 4 is 43.0 Å².